The molecule has 0 aliphatic heterocycles. The van der Waals surface area contributed by atoms with Gasteiger partial charge in [-0.3, -0.25) is 14.5 Å². The second-order valence-corrected chi connectivity index (χ2v) is 7.63. The van der Waals surface area contributed by atoms with Gasteiger partial charge in [0.05, 0.1) is 11.9 Å². The Hall–Kier alpha value is -3.64. The van der Waals surface area contributed by atoms with Crippen molar-refractivity contribution >= 4 is 17.5 Å². The number of carbonyl (C=O) groups is 1. The fraction of sp³-hybridized carbons (Fsp3) is 0.125. The van der Waals surface area contributed by atoms with Gasteiger partial charge in [-0.15, -0.1) is 0 Å². The molecule has 31 heavy (non-hydrogen) atoms. The van der Waals surface area contributed by atoms with Crippen LogP contribution in [0.15, 0.2) is 73.2 Å². The van der Waals surface area contributed by atoms with Gasteiger partial charge in [-0.1, -0.05) is 41.9 Å². The molecule has 0 saturated carbocycles. The van der Waals surface area contributed by atoms with Gasteiger partial charge in [-0.05, 0) is 36.8 Å². The van der Waals surface area contributed by atoms with Gasteiger partial charge in [-0.25, -0.2) is 0 Å². The molecule has 0 fully saturated rings. The quantitative estimate of drug-likeness (QED) is 0.446. The fourth-order valence-electron chi connectivity index (χ4n) is 3.32. The topological polar surface area (TPSA) is 69.0 Å². The molecule has 6 nitrogen and oxygen atoms in total. The average Bonchev–Trinajstić information content (AvgIpc) is 3.21. The zero-order valence-electron chi connectivity index (χ0n) is 17.2. The molecule has 0 aliphatic carbocycles. The van der Waals surface area contributed by atoms with E-state index in [9.17, 15) is 4.79 Å². The van der Waals surface area contributed by atoms with Gasteiger partial charge in [-0.2, -0.15) is 10.6 Å². The monoisotopic (exact) mass is 432 g/mol. The van der Waals surface area contributed by atoms with E-state index in [0.29, 0.717) is 22.8 Å². The van der Waals surface area contributed by atoms with Gasteiger partial charge in [0, 0.05) is 53.1 Å². The van der Waals surface area contributed by atoms with Crippen LogP contribution in [-0.2, 0) is 13.5 Å². The van der Waals surface area contributed by atoms with Crippen LogP contribution >= 0.6 is 11.6 Å². The van der Waals surface area contributed by atoms with Crippen molar-refractivity contribution in [3.05, 3.63) is 100 Å². The highest BCUT2D eigenvalue weighted by Crippen LogP contribution is 2.32. The highest BCUT2D eigenvalue weighted by atomic mass is 35.5. The molecule has 0 unspecified atom stereocenters. The van der Waals surface area contributed by atoms with Crippen LogP contribution in [0.25, 0.3) is 11.3 Å². The highest BCUT2D eigenvalue weighted by Gasteiger charge is 2.17. The molecule has 2 aromatic carbocycles. The molecule has 0 radical (unpaired) electrons. The highest BCUT2D eigenvalue weighted by molar-refractivity contribution is 6.30. The predicted molar refractivity (Wildman–Crippen MR) is 120 cm³/mol. The van der Waals surface area contributed by atoms with E-state index in [-0.39, 0.29) is 5.91 Å². The summed E-state index contributed by atoms with van der Waals surface area (Å²) in [4.78, 5) is 23.0. The minimum absolute atomic E-state index is 0.322. The van der Waals surface area contributed by atoms with E-state index < -0.39 is 0 Å². The summed E-state index contributed by atoms with van der Waals surface area (Å²) in [5.41, 5.74) is 7.42. The normalized spacial score (nSPS) is 10.7. The van der Waals surface area contributed by atoms with Crippen molar-refractivity contribution < 1.29 is 9.63 Å². The molecule has 2 aromatic heterocycles. The third kappa shape index (κ3) is 4.75. The second kappa shape index (κ2) is 9.02. The number of halogens is 1. The Labute approximate surface area is 185 Å². The first-order chi connectivity index (χ1) is 15.0. The van der Waals surface area contributed by atoms with Gasteiger partial charge >= 0.3 is 0 Å². The van der Waals surface area contributed by atoms with Crippen molar-refractivity contribution in [3.63, 3.8) is 0 Å². The Morgan fingerprint density at radius 2 is 1.84 bits per heavy atom. The van der Waals surface area contributed by atoms with Crippen molar-refractivity contribution in [1.82, 2.24) is 20.2 Å². The van der Waals surface area contributed by atoms with E-state index in [1.54, 1.807) is 41.3 Å². The minimum Gasteiger partial charge on any atom is -0.379 e. The Morgan fingerprint density at radius 1 is 1.10 bits per heavy atom. The van der Waals surface area contributed by atoms with Crippen molar-refractivity contribution in [1.29, 1.82) is 0 Å². The molecule has 0 atom stereocenters. The van der Waals surface area contributed by atoms with Gasteiger partial charge in [0.2, 0.25) is 0 Å². The first-order valence-electron chi connectivity index (χ1n) is 9.75. The summed E-state index contributed by atoms with van der Waals surface area (Å²) < 4.78 is 1.72. The van der Waals surface area contributed by atoms with Gasteiger partial charge in [0.1, 0.15) is 0 Å². The molecule has 0 aliphatic rings. The van der Waals surface area contributed by atoms with E-state index in [4.69, 9.17) is 16.4 Å². The molecule has 1 amide bonds. The second-order valence-electron chi connectivity index (χ2n) is 7.19. The molecule has 0 saturated heterocycles. The lowest BCUT2D eigenvalue weighted by atomic mass is 10.0. The molecule has 0 spiro atoms. The smallest absolute Gasteiger partial charge is 0.283 e. The Bertz CT molecular complexity index is 1200. The average molecular weight is 433 g/mol. The summed E-state index contributed by atoms with van der Waals surface area (Å²) in [5.74, 6) is 0.241. The molecule has 4 aromatic rings. The summed E-state index contributed by atoms with van der Waals surface area (Å²) in [6.45, 7) is 1.92. The lowest BCUT2D eigenvalue weighted by molar-refractivity contribution is 0.0757. The lowest BCUT2D eigenvalue weighted by Crippen LogP contribution is -2.28. The standard InChI is InChI=1S/C24H21ClN4O2/c1-16-22(20-14-27-29(2)15-20)26-13-19(12-17-8-10-21(25)11-9-17)23(16)31-28-24(30)18-6-4-3-5-7-18/h3-11,13-15H,12H2,1-2H3,(H,28,30). The zero-order valence-corrected chi connectivity index (χ0v) is 17.9. The number of aromatic nitrogens is 3. The van der Waals surface area contributed by atoms with Crippen LogP contribution in [0.1, 0.15) is 27.0 Å². The number of hydroxylamine groups is 1. The number of hydrogen-bond donors (Lipinski definition) is 1. The van der Waals surface area contributed by atoms with Crippen LogP contribution in [0, 0.1) is 6.92 Å². The Morgan fingerprint density at radius 3 is 2.52 bits per heavy atom. The van der Waals surface area contributed by atoms with Crippen molar-refractivity contribution in [2.24, 2.45) is 7.05 Å². The number of aryl methyl sites for hydroxylation is 1. The maximum atomic E-state index is 12.5. The summed E-state index contributed by atoms with van der Waals surface area (Å²) in [6, 6.07) is 16.5. The van der Waals surface area contributed by atoms with Crippen LogP contribution < -0.4 is 10.3 Å². The SMILES string of the molecule is Cc1c(-c2cnn(C)c2)ncc(Cc2ccc(Cl)cc2)c1ONC(=O)c1ccccc1. The molecule has 2 heterocycles. The van der Waals surface area contributed by atoms with Crippen molar-refractivity contribution in [2.75, 3.05) is 0 Å². The van der Waals surface area contributed by atoms with Crippen LogP contribution in [0.3, 0.4) is 0 Å². The van der Waals surface area contributed by atoms with E-state index in [1.165, 1.54) is 0 Å². The Balaban J connectivity index is 1.67. The van der Waals surface area contributed by atoms with E-state index in [0.717, 1.165) is 27.9 Å². The Kier molecular flexibility index (Phi) is 6.00. The lowest BCUT2D eigenvalue weighted by Gasteiger charge is -2.16. The molecular formula is C24H21ClN4O2. The summed E-state index contributed by atoms with van der Waals surface area (Å²) in [5, 5.41) is 4.91. The molecule has 7 heteroatoms. The summed E-state index contributed by atoms with van der Waals surface area (Å²) in [6.07, 6.45) is 5.99. The number of benzene rings is 2. The van der Waals surface area contributed by atoms with Crippen LogP contribution in [0.5, 0.6) is 5.75 Å². The van der Waals surface area contributed by atoms with E-state index in [2.05, 4.69) is 15.6 Å². The number of pyridine rings is 1. The fourth-order valence-corrected chi connectivity index (χ4v) is 3.44. The number of amides is 1. The third-order valence-corrected chi connectivity index (χ3v) is 5.16. The van der Waals surface area contributed by atoms with Gasteiger partial charge in [0.15, 0.2) is 5.75 Å². The number of nitrogens with zero attached hydrogens (tertiary/aromatic N) is 3. The molecular weight excluding hydrogens is 412 g/mol. The van der Waals surface area contributed by atoms with Crippen molar-refractivity contribution in [3.8, 4) is 17.0 Å². The predicted octanol–water partition coefficient (Wildman–Crippen LogP) is 4.76. The van der Waals surface area contributed by atoms with E-state index in [1.807, 2.05) is 50.5 Å². The zero-order chi connectivity index (χ0) is 21.8. The number of rotatable bonds is 6. The minimum atomic E-state index is -0.322. The maximum Gasteiger partial charge on any atom is 0.283 e. The van der Waals surface area contributed by atoms with Crippen molar-refractivity contribution in [2.45, 2.75) is 13.3 Å². The molecule has 1 N–H and O–H groups in total. The molecule has 4 rings (SSSR count). The van der Waals surface area contributed by atoms with Crippen LogP contribution in [0.4, 0.5) is 0 Å². The third-order valence-electron chi connectivity index (χ3n) is 4.90. The van der Waals surface area contributed by atoms with Crippen LogP contribution in [-0.4, -0.2) is 20.7 Å². The van der Waals surface area contributed by atoms with E-state index >= 15 is 0 Å². The largest absolute Gasteiger partial charge is 0.379 e. The number of hydrogen-bond acceptors (Lipinski definition) is 4. The van der Waals surface area contributed by atoms with Crippen LogP contribution in [0.2, 0.25) is 5.02 Å². The summed E-state index contributed by atoms with van der Waals surface area (Å²) in [7, 11) is 1.85. The van der Waals surface area contributed by atoms with Gasteiger partial charge < -0.3 is 4.84 Å². The molecule has 156 valence electrons. The number of nitrogens with one attached hydrogen (secondary N) is 1. The molecule has 0 bridgehead atoms. The van der Waals surface area contributed by atoms with Gasteiger partial charge in [0.25, 0.3) is 5.91 Å². The first kappa shape index (κ1) is 20.6. The first-order valence-corrected chi connectivity index (χ1v) is 10.1. The summed E-state index contributed by atoms with van der Waals surface area (Å²) >= 11 is 6.01. The maximum absolute atomic E-state index is 12.5. The number of carbonyl (C=O) groups excluding carboxylic acids is 1.